The molecule has 2 fully saturated rings. The number of ether oxygens (including phenoxy) is 1. The summed E-state index contributed by atoms with van der Waals surface area (Å²) in [5.74, 6) is -1.90. The van der Waals surface area contributed by atoms with Gasteiger partial charge in [0.05, 0.1) is 25.5 Å². The Bertz CT molecular complexity index is 1320. The van der Waals surface area contributed by atoms with Gasteiger partial charge in [-0.05, 0) is 68.0 Å². The van der Waals surface area contributed by atoms with Gasteiger partial charge in [-0.25, -0.2) is 14.0 Å². The van der Waals surface area contributed by atoms with E-state index in [0.717, 1.165) is 31.9 Å². The van der Waals surface area contributed by atoms with Crippen molar-refractivity contribution in [2.75, 3.05) is 12.4 Å². The van der Waals surface area contributed by atoms with Crippen LogP contribution in [0.25, 0.3) is 0 Å². The third kappa shape index (κ3) is 5.22. The lowest BCUT2D eigenvalue weighted by Gasteiger charge is -2.27. The number of hydrogen-bond acceptors (Lipinski definition) is 8. The van der Waals surface area contributed by atoms with Crippen LogP contribution in [0, 0.1) is 29.5 Å². The number of amides is 2. The van der Waals surface area contributed by atoms with Gasteiger partial charge in [-0.1, -0.05) is 12.1 Å². The average Bonchev–Trinajstić information content (AvgIpc) is 3.84. The highest BCUT2D eigenvalue weighted by molar-refractivity contribution is 6.01. The minimum Gasteiger partial charge on any atom is -0.481 e. The standard InChI is InChI=1S/C25H29F2N7O4/c1-4-17-20(33-38-32-17)23(35)30-21(19(13-5-6-13)14-7-8-14)24(36)29-18-11-34(31-22(18)27)12(2)16-9-15(26)10-28-25(16)37-3/h9-14,19,21H,4-8H2,1-3H3,(H,29,36)(H,30,35). The topological polar surface area (TPSA) is 137 Å². The Morgan fingerprint density at radius 3 is 2.55 bits per heavy atom. The van der Waals surface area contributed by atoms with E-state index in [1.165, 1.54) is 24.1 Å². The first-order valence-electron chi connectivity index (χ1n) is 12.7. The van der Waals surface area contributed by atoms with Gasteiger partial charge in [0.1, 0.15) is 23.2 Å². The molecule has 2 atom stereocenters. The number of aromatic nitrogens is 5. The highest BCUT2D eigenvalue weighted by atomic mass is 19.1. The zero-order chi connectivity index (χ0) is 27.0. The Labute approximate surface area is 217 Å². The lowest BCUT2D eigenvalue weighted by molar-refractivity contribution is -0.119. The van der Waals surface area contributed by atoms with Crippen molar-refractivity contribution in [3.05, 3.63) is 47.2 Å². The Morgan fingerprint density at radius 2 is 1.92 bits per heavy atom. The molecule has 11 nitrogen and oxygen atoms in total. The van der Waals surface area contributed by atoms with E-state index in [9.17, 15) is 18.4 Å². The van der Waals surface area contributed by atoms with Gasteiger partial charge in [0, 0.05) is 5.56 Å². The molecule has 2 saturated carbocycles. The summed E-state index contributed by atoms with van der Waals surface area (Å²) in [6.45, 7) is 3.49. The molecule has 202 valence electrons. The van der Waals surface area contributed by atoms with E-state index >= 15 is 0 Å². The Morgan fingerprint density at radius 1 is 1.21 bits per heavy atom. The number of carbonyl (C=O) groups excluding carboxylic acids is 2. The fraction of sp³-hybridized carbons (Fsp3) is 0.520. The third-order valence-corrected chi connectivity index (χ3v) is 7.22. The number of nitrogens with zero attached hydrogens (tertiary/aromatic N) is 5. The molecule has 0 radical (unpaired) electrons. The summed E-state index contributed by atoms with van der Waals surface area (Å²) in [6.07, 6.45) is 6.67. The smallest absolute Gasteiger partial charge is 0.276 e. The molecule has 0 spiro atoms. The molecule has 38 heavy (non-hydrogen) atoms. The molecule has 0 aromatic carbocycles. The average molecular weight is 530 g/mol. The van der Waals surface area contributed by atoms with E-state index in [1.807, 2.05) is 6.92 Å². The molecular weight excluding hydrogens is 500 g/mol. The van der Waals surface area contributed by atoms with Crippen LogP contribution in [0.2, 0.25) is 0 Å². The van der Waals surface area contributed by atoms with Crippen molar-refractivity contribution in [1.29, 1.82) is 0 Å². The van der Waals surface area contributed by atoms with Gasteiger partial charge >= 0.3 is 0 Å². The van der Waals surface area contributed by atoms with Crippen molar-refractivity contribution >= 4 is 17.5 Å². The van der Waals surface area contributed by atoms with E-state index in [0.29, 0.717) is 29.5 Å². The fourth-order valence-electron chi connectivity index (χ4n) is 4.97. The van der Waals surface area contributed by atoms with E-state index in [2.05, 4.69) is 31.0 Å². The Hall–Kier alpha value is -3.90. The monoisotopic (exact) mass is 529 g/mol. The number of rotatable bonds is 11. The summed E-state index contributed by atoms with van der Waals surface area (Å²) >= 11 is 0. The van der Waals surface area contributed by atoms with Crippen LogP contribution in [0.5, 0.6) is 5.88 Å². The van der Waals surface area contributed by atoms with Crippen LogP contribution < -0.4 is 15.4 Å². The predicted molar refractivity (Wildman–Crippen MR) is 129 cm³/mol. The summed E-state index contributed by atoms with van der Waals surface area (Å²) in [6, 6.07) is -0.322. The molecule has 3 heterocycles. The van der Waals surface area contributed by atoms with Crippen LogP contribution in [0.3, 0.4) is 0 Å². The van der Waals surface area contributed by atoms with E-state index in [4.69, 9.17) is 9.37 Å². The molecular formula is C25H29F2N7O4. The lowest BCUT2D eigenvalue weighted by atomic mass is 9.88. The van der Waals surface area contributed by atoms with Crippen molar-refractivity contribution in [1.82, 2.24) is 30.4 Å². The first-order chi connectivity index (χ1) is 18.3. The third-order valence-electron chi connectivity index (χ3n) is 7.22. The van der Waals surface area contributed by atoms with Gasteiger partial charge in [-0.3, -0.25) is 14.3 Å². The Kier molecular flexibility index (Phi) is 7.09. The highest BCUT2D eigenvalue weighted by Gasteiger charge is 2.48. The molecule has 3 aromatic rings. The zero-order valence-electron chi connectivity index (χ0n) is 21.3. The molecule has 2 aliphatic carbocycles. The summed E-state index contributed by atoms with van der Waals surface area (Å²) in [5, 5.41) is 16.8. The molecule has 2 aliphatic rings. The molecule has 3 aromatic heterocycles. The number of nitrogens with one attached hydrogen (secondary N) is 2. The second kappa shape index (κ2) is 10.5. The van der Waals surface area contributed by atoms with Crippen LogP contribution in [-0.4, -0.2) is 50.0 Å². The van der Waals surface area contributed by atoms with Gasteiger partial charge in [0.15, 0.2) is 5.69 Å². The largest absolute Gasteiger partial charge is 0.481 e. The van der Waals surface area contributed by atoms with Gasteiger partial charge in [-0.15, -0.1) is 5.10 Å². The molecule has 2 unspecified atom stereocenters. The van der Waals surface area contributed by atoms with Gasteiger partial charge in [0.2, 0.25) is 11.8 Å². The van der Waals surface area contributed by atoms with Gasteiger partial charge < -0.3 is 15.4 Å². The predicted octanol–water partition coefficient (Wildman–Crippen LogP) is 3.29. The van der Waals surface area contributed by atoms with Crippen LogP contribution in [0.15, 0.2) is 23.1 Å². The van der Waals surface area contributed by atoms with Crippen molar-refractivity contribution in [2.45, 2.75) is 58.0 Å². The summed E-state index contributed by atoms with van der Waals surface area (Å²) in [4.78, 5) is 30.5. The number of methoxy groups -OCH3 is 1. The summed E-state index contributed by atoms with van der Waals surface area (Å²) < 4.78 is 39.9. The van der Waals surface area contributed by atoms with Crippen LogP contribution in [-0.2, 0) is 11.2 Å². The number of pyridine rings is 1. The van der Waals surface area contributed by atoms with Crippen LogP contribution in [0.4, 0.5) is 14.5 Å². The molecule has 0 bridgehead atoms. The number of halogens is 2. The summed E-state index contributed by atoms with van der Waals surface area (Å²) in [5.41, 5.74) is 0.612. The van der Waals surface area contributed by atoms with Gasteiger partial charge in [0.25, 0.3) is 11.9 Å². The SMILES string of the molecule is CCc1nonc1C(=O)NC(C(=O)Nc1cn(C(C)c2cc(F)cnc2OC)nc1F)C(C1CC1)C1CC1. The highest BCUT2D eigenvalue weighted by Crippen LogP contribution is 2.51. The summed E-state index contributed by atoms with van der Waals surface area (Å²) in [7, 11) is 1.40. The molecule has 0 saturated heterocycles. The van der Waals surface area contributed by atoms with Crippen molar-refractivity contribution in [2.24, 2.45) is 17.8 Å². The maximum absolute atomic E-state index is 14.9. The lowest BCUT2D eigenvalue weighted by Crippen LogP contribution is -2.50. The van der Waals surface area contributed by atoms with E-state index in [1.54, 1.807) is 6.92 Å². The van der Waals surface area contributed by atoms with Crippen molar-refractivity contribution in [3.63, 3.8) is 0 Å². The van der Waals surface area contributed by atoms with Crippen molar-refractivity contribution < 1.29 is 27.7 Å². The van der Waals surface area contributed by atoms with Gasteiger partial charge in [-0.2, -0.15) is 4.39 Å². The normalized spacial score (nSPS) is 16.8. The zero-order valence-corrected chi connectivity index (χ0v) is 21.3. The minimum absolute atomic E-state index is 0.0288. The molecule has 13 heteroatoms. The number of hydrogen-bond donors (Lipinski definition) is 2. The Balaban J connectivity index is 1.38. The van der Waals surface area contributed by atoms with Crippen LogP contribution >= 0.6 is 0 Å². The van der Waals surface area contributed by atoms with E-state index < -0.39 is 35.7 Å². The number of anilines is 1. The molecule has 5 rings (SSSR count). The maximum atomic E-state index is 14.9. The first-order valence-corrected chi connectivity index (χ1v) is 12.7. The van der Waals surface area contributed by atoms with E-state index in [-0.39, 0.29) is 23.2 Å². The molecule has 0 aliphatic heterocycles. The van der Waals surface area contributed by atoms with Crippen LogP contribution in [0.1, 0.15) is 67.3 Å². The molecule has 2 amide bonds. The second-order valence-corrected chi connectivity index (χ2v) is 9.85. The minimum atomic E-state index is -0.915. The number of aryl methyl sites for hydroxylation is 1. The number of carbonyl (C=O) groups is 2. The fourth-order valence-corrected chi connectivity index (χ4v) is 4.97. The molecule has 2 N–H and O–H groups in total. The second-order valence-electron chi connectivity index (χ2n) is 9.85. The maximum Gasteiger partial charge on any atom is 0.276 e. The quantitative estimate of drug-likeness (QED) is 0.386. The first kappa shape index (κ1) is 25.7. The van der Waals surface area contributed by atoms with Crippen molar-refractivity contribution in [3.8, 4) is 5.88 Å².